The second kappa shape index (κ2) is 7.04. The van der Waals surface area contributed by atoms with Crippen LogP contribution in [0.25, 0.3) is 6.08 Å². The molecule has 0 bridgehead atoms. The first-order valence-corrected chi connectivity index (χ1v) is 7.01. The van der Waals surface area contributed by atoms with Gasteiger partial charge >= 0.3 is 5.97 Å². The van der Waals surface area contributed by atoms with Gasteiger partial charge in [0.1, 0.15) is 0 Å². The molecule has 5 heteroatoms. The zero-order valence-electron chi connectivity index (χ0n) is 12.1. The lowest BCUT2D eigenvalue weighted by Crippen LogP contribution is -2.31. The van der Waals surface area contributed by atoms with Crippen LogP contribution < -0.4 is 11.1 Å². The molecule has 1 aromatic carbocycles. The summed E-state index contributed by atoms with van der Waals surface area (Å²) in [6, 6.07) is 5.92. The summed E-state index contributed by atoms with van der Waals surface area (Å²) in [4.78, 5) is 23.3. The minimum Gasteiger partial charge on any atom is -0.469 e. The first-order valence-electron chi connectivity index (χ1n) is 7.01. The fraction of sp³-hybridized carbons (Fsp3) is 0.375. The van der Waals surface area contributed by atoms with E-state index in [1.165, 1.54) is 7.11 Å². The number of fused-ring (bicyclic) bond motifs is 1. The number of ether oxygens (including phenoxy) is 1. The minimum absolute atomic E-state index is 0.111. The number of rotatable bonds is 5. The van der Waals surface area contributed by atoms with Crippen LogP contribution in [0.4, 0.5) is 5.69 Å². The lowest BCUT2D eigenvalue weighted by atomic mass is 9.90. The number of amides is 1. The number of hydrogen-bond donors (Lipinski definition) is 2. The summed E-state index contributed by atoms with van der Waals surface area (Å²) in [6.45, 7) is 0.618. The Balaban J connectivity index is 2.12. The number of hydrogen-bond acceptors (Lipinski definition) is 4. The van der Waals surface area contributed by atoms with E-state index in [0.29, 0.717) is 13.0 Å². The molecule has 5 nitrogen and oxygen atoms in total. The summed E-state index contributed by atoms with van der Waals surface area (Å²) in [6.07, 6.45) is 5.49. The van der Waals surface area contributed by atoms with E-state index in [1.54, 1.807) is 0 Å². The summed E-state index contributed by atoms with van der Waals surface area (Å²) in [5.41, 5.74) is 8.32. The first-order chi connectivity index (χ1) is 10.1. The van der Waals surface area contributed by atoms with Gasteiger partial charge in [-0.2, -0.15) is 0 Å². The monoisotopic (exact) mass is 288 g/mol. The molecule has 112 valence electrons. The van der Waals surface area contributed by atoms with Gasteiger partial charge in [0.15, 0.2) is 0 Å². The Hall–Kier alpha value is -2.14. The van der Waals surface area contributed by atoms with Crippen molar-refractivity contribution < 1.29 is 14.3 Å². The van der Waals surface area contributed by atoms with E-state index < -0.39 is 0 Å². The number of methoxy groups -OCH3 is 1. The summed E-state index contributed by atoms with van der Waals surface area (Å²) in [5.74, 6) is -0.848. The molecule has 0 aromatic heterocycles. The lowest BCUT2D eigenvalue weighted by molar-refractivity contribution is -0.143. The lowest BCUT2D eigenvalue weighted by Gasteiger charge is -2.24. The van der Waals surface area contributed by atoms with Crippen LogP contribution in [0.2, 0.25) is 0 Å². The molecule has 0 saturated heterocycles. The maximum Gasteiger partial charge on any atom is 0.306 e. The molecule has 0 spiro atoms. The maximum absolute atomic E-state index is 12.0. The van der Waals surface area contributed by atoms with Gasteiger partial charge < -0.3 is 15.8 Å². The van der Waals surface area contributed by atoms with Crippen molar-refractivity contribution in [2.24, 2.45) is 11.7 Å². The predicted octanol–water partition coefficient (Wildman–Crippen LogP) is 1.72. The molecule has 0 fully saturated rings. The van der Waals surface area contributed by atoms with Gasteiger partial charge in [0.05, 0.1) is 19.4 Å². The number of carbonyl (C=O) groups excluding carboxylic acids is 2. The smallest absolute Gasteiger partial charge is 0.306 e. The Morgan fingerprint density at radius 3 is 3.05 bits per heavy atom. The highest BCUT2D eigenvalue weighted by atomic mass is 16.5. The molecule has 3 N–H and O–H groups in total. The van der Waals surface area contributed by atoms with Crippen molar-refractivity contribution in [2.75, 3.05) is 19.0 Å². The van der Waals surface area contributed by atoms with Crippen LogP contribution in [0, 0.1) is 5.92 Å². The summed E-state index contributed by atoms with van der Waals surface area (Å²) >= 11 is 0. The third-order valence-corrected chi connectivity index (χ3v) is 3.51. The Morgan fingerprint density at radius 1 is 1.52 bits per heavy atom. The molecule has 0 aliphatic carbocycles. The fourth-order valence-electron chi connectivity index (χ4n) is 2.35. The minimum atomic E-state index is -0.361. The van der Waals surface area contributed by atoms with Crippen molar-refractivity contribution in [1.29, 1.82) is 0 Å². The molecule has 1 aliphatic rings. The van der Waals surface area contributed by atoms with Gasteiger partial charge in [-0.25, -0.2) is 0 Å². The maximum atomic E-state index is 12.0. The van der Waals surface area contributed by atoms with Crippen LogP contribution in [0.5, 0.6) is 0 Å². The highest BCUT2D eigenvalue weighted by Gasteiger charge is 2.28. The molecule has 1 heterocycles. The third-order valence-electron chi connectivity index (χ3n) is 3.51. The average molecular weight is 288 g/mol. The molecular formula is C16H20N2O3. The van der Waals surface area contributed by atoms with Gasteiger partial charge in [0, 0.05) is 5.69 Å². The van der Waals surface area contributed by atoms with Gasteiger partial charge in [-0.15, -0.1) is 0 Å². The van der Waals surface area contributed by atoms with Crippen molar-refractivity contribution in [3.63, 3.8) is 0 Å². The normalized spacial score (nSPS) is 17.4. The van der Waals surface area contributed by atoms with Crippen molar-refractivity contribution in [1.82, 2.24) is 0 Å². The van der Waals surface area contributed by atoms with Crippen LogP contribution >= 0.6 is 0 Å². The number of carbonyl (C=O) groups is 2. The Bertz CT molecular complexity index is 567. The standard InChI is InChI=1S/C16H20N2O3/c1-21-15(19)10-13-9-12-6-5-11(4-2-3-7-17)8-14(12)18-16(13)20/h2,4-6,8,13H,3,7,9-10,17H2,1H3,(H,18,20)/b4-2+. The Kier molecular flexibility index (Phi) is 5.11. The Labute approximate surface area is 124 Å². The first kappa shape index (κ1) is 15.3. The second-order valence-corrected chi connectivity index (χ2v) is 5.07. The third kappa shape index (κ3) is 3.92. The van der Waals surface area contributed by atoms with Gasteiger partial charge in [-0.05, 0) is 36.6 Å². The molecule has 1 amide bonds. The van der Waals surface area contributed by atoms with E-state index in [0.717, 1.165) is 23.2 Å². The zero-order chi connectivity index (χ0) is 15.2. The quantitative estimate of drug-likeness (QED) is 0.808. The molecule has 2 rings (SSSR count). The van der Waals surface area contributed by atoms with Crippen LogP contribution in [-0.2, 0) is 20.7 Å². The molecule has 1 unspecified atom stereocenters. The second-order valence-electron chi connectivity index (χ2n) is 5.07. The average Bonchev–Trinajstić information content (AvgIpc) is 2.48. The van der Waals surface area contributed by atoms with E-state index >= 15 is 0 Å². The Morgan fingerprint density at radius 2 is 2.33 bits per heavy atom. The fourth-order valence-corrected chi connectivity index (χ4v) is 2.35. The van der Waals surface area contributed by atoms with E-state index in [4.69, 9.17) is 5.73 Å². The molecule has 1 atom stereocenters. The topological polar surface area (TPSA) is 81.4 Å². The van der Waals surface area contributed by atoms with Crippen molar-refractivity contribution in [2.45, 2.75) is 19.3 Å². The number of benzene rings is 1. The molecule has 0 saturated carbocycles. The molecule has 1 aromatic rings. The molecule has 1 aliphatic heterocycles. The van der Waals surface area contributed by atoms with E-state index in [1.807, 2.05) is 30.4 Å². The summed E-state index contributed by atoms with van der Waals surface area (Å²) < 4.78 is 4.63. The van der Waals surface area contributed by atoms with Crippen molar-refractivity contribution >= 4 is 23.6 Å². The van der Waals surface area contributed by atoms with Gasteiger partial charge in [0.25, 0.3) is 0 Å². The predicted molar refractivity (Wildman–Crippen MR) is 81.6 cm³/mol. The van der Waals surface area contributed by atoms with Crippen LogP contribution in [0.15, 0.2) is 24.3 Å². The van der Waals surface area contributed by atoms with Gasteiger partial charge in [-0.1, -0.05) is 24.3 Å². The van der Waals surface area contributed by atoms with Crippen molar-refractivity contribution in [3.05, 3.63) is 35.4 Å². The van der Waals surface area contributed by atoms with Crippen LogP contribution in [0.3, 0.4) is 0 Å². The number of anilines is 1. The number of nitrogens with one attached hydrogen (secondary N) is 1. The molecule has 21 heavy (non-hydrogen) atoms. The van der Waals surface area contributed by atoms with Gasteiger partial charge in [-0.3, -0.25) is 9.59 Å². The zero-order valence-corrected chi connectivity index (χ0v) is 12.1. The largest absolute Gasteiger partial charge is 0.469 e. The highest BCUT2D eigenvalue weighted by Crippen LogP contribution is 2.28. The molecule has 0 radical (unpaired) electrons. The molecular weight excluding hydrogens is 268 g/mol. The SMILES string of the molecule is COC(=O)CC1Cc2ccc(/C=C/CCN)cc2NC1=O. The number of esters is 1. The van der Waals surface area contributed by atoms with E-state index in [9.17, 15) is 9.59 Å². The van der Waals surface area contributed by atoms with Crippen molar-refractivity contribution in [3.8, 4) is 0 Å². The van der Waals surface area contributed by atoms with E-state index in [-0.39, 0.29) is 24.2 Å². The van der Waals surface area contributed by atoms with Gasteiger partial charge in [0.2, 0.25) is 5.91 Å². The summed E-state index contributed by atoms with van der Waals surface area (Å²) in [7, 11) is 1.33. The van der Waals surface area contributed by atoms with E-state index in [2.05, 4.69) is 10.1 Å². The summed E-state index contributed by atoms with van der Waals surface area (Å²) in [5, 5.41) is 2.86. The van der Waals surface area contributed by atoms with Crippen LogP contribution in [-0.4, -0.2) is 25.5 Å². The van der Waals surface area contributed by atoms with Crippen LogP contribution in [0.1, 0.15) is 24.0 Å². The number of nitrogens with two attached hydrogens (primary N) is 1. The highest BCUT2D eigenvalue weighted by molar-refractivity contribution is 5.97.